The average molecular weight is 590 g/mol. The number of nitrogens with one attached hydrogen (secondary N) is 2. The van der Waals surface area contributed by atoms with E-state index >= 15 is 0 Å². The Labute approximate surface area is 241 Å². The van der Waals surface area contributed by atoms with E-state index in [-0.39, 0.29) is 18.0 Å². The summed E-state index contributed by atoms with van der Waals surface area (Å²) in [4.78, 5) is 33.6. The molecule has 8 nitrogen and oxygen atoms in total. The lowest BCUT2D eigenvalue weighted by atomic mass is 10.1. The van der Waals surface area contributed by atoms with Crippen molar-refractivity contribution in [3.05, 3.63) is 76.9 Å². The van der Waals surface area contributed by atoms with Crippen LogP contribution >= 0.6 is 11.6 Å². The van der Waals surface area contributed by atoms with E-state index < -0.39 is 22.7 Å². The van der Waals surface area contributed by atoms with Gasteiger partial charge in [0.05, 0.1) is 17.1 Å². The summed E-state index contributed by atoms with van der Waals surface area (Å²) in [5.41, 5.74) is -0.190. The number of anilines is 2. The van der Waals surface area contributed by atoms with Crippen molar-refractivity contribution in [3.8, 4) is 11.5 Å². The fourth-order valence-electron chi connectivity index (χ4n) is 4.39. The number of carbonyl (C=O) groups excluding carboxylic acids is 2. The summed E-state index contributed by atoms with van der Waals surface area (Å²) >= 11 is 5.64. The maximum atomic E-state index is 13.1. The van der Waals surface area contributed by atoms with Gasteiger partial charge in [0.15, 0.2) is 0 Å². The van der Waals surface area contributed by atoms with E-state index in [0.29, 0.717) is 30.3 Å². The quantitative estimate of drug-likeness (QED) is 0.316. The van der Waals surface area contributed by atoms with Gasteiger partial charge in [0.25, 0.3) is 0 Å². The molecule has 1 fully saturated rings. The molecule has 0 atom stereocenters. The van der Waals surface area contributed by atoms with Crippen LogP contribution in [-0.2, 0) is 22.2 Å². The van der Waals surface area contributed by atoms with E-state index in [0.717, 1.165) is 50.4 Å². The highest BCUT2D eigenvalue weighted by molar-refractivity contribution is 6.31. The van der Waals surface area contributed by atoms with Gasteiger partial charge in [-0.25, -0.2) is 4.98 Å². The molecule has 3 aromatic rings. The SMILES string of the molecule is CCN1CCN(CC(=O)Nc2cc(Oc3cccc(CCC(=O)Nc4ccc(Cl)c(C(F)(F)F)c4)c3)ccn2)CC1. The lowest BCUT2D eigenvalue weighted by Gasteiger charge is -2.33. The third-order valence-corrected chi connectivity index (χ3v) is 6.94. The Balaban J connectivity index is 1.28. The van der Waals surface area contributed by atoms with Crippen molar-refractivity contribution in [3.63, 3.8) is 0 Å². The van der Waals surface area contributed by atoms with Crippen molar-refractivity contribution in [1.82, 2.24) is 14.8 Å². The number of aryl methyl sites for hydroxylation is 1. The molecule has 0 spiro atoms. The molecular formula is C29H31ClF3N5O3. The average Bonchev–Trinajstić information content (AvgIpc) is 2.93. The number of aromatic nitrogens is 1. The molecule has 2 aromatic carbocycles. The number of alkyl halides is 3. The Morgan fingerprint density at radius 3 is 2.41 bits per heavy atom. The molecule has 12 heteroatoms. The highest BCUT2D eigenvalue weighted by Crippen LogP contribution is 2.36. The van der Waals surface area contributed by atoms with Gasteiger partial charge in [-0.15, -0.1) is 0 Å². The largest absolute Gasteiger partial charge is 0.457 e. The maximum Gasteiger partial charge on any atom is 0.417 e. The minimum absolute atomic E-state index is 0.0171. The fraction of sp³-hybridized carbons (Fsp3) is 0.345. The van der Waals surface area contributed by atoms with Crippen molar-refractivity contribution >= 4 is 34.9 Å². The van der Waals surface area contributed by atoms with Gasteiger partial charge in [0, 0.05) is 50.6 Å². The summed E-state index contributed by atoms with van der Waals surface area (Å²) in [6.07, 6.45) is -2.69. The Morgan fingerprint density at radius 1 is 0.951 bits per heavy atom. The first-order valence-electron chi connectivity index (χ1n) is 13.2. The van der Waals surface area contributed by atoms with Crippen molar-refractivity contribution in [2.75, 3.05) is 49.9 Å². The second kappa shape index (κ2) is 13.8. The highest BCUT2D eigenvalue weighted by atomic mass is 35.5. The molecule has 0 aliphatic carbocycles. The van der Waals surface area contributed by atoms with Gasteiger partial charge in [0.2, 0.25) is 11.8 Å². The third-order valence-electron chi connectivity index (χ3n) is 6.61. The number of hydrogen-bond donors (Lipinski definition) is 2. The summed E-state index contributed by atoms with van der Waals surface area (Å²) in [5.74, 6) is 0.794. The van der Waals surface area contributed by atoms with Crippen molar-refractivity contribution < 1.29 is 27.5 Å². The highest BCUT2D eigenvalue weighted by Gasteiger charge is 2.33. The molecule has 1 aliphatic rings. The fourth-order valence-corrected chi connectivity index (χ4v) is 4.62. The van der Waals surface area contributed by atoms with Crippen LogP contribution in [0.25, 0.3) is 0 Å². The molecule has 4 rings (SSSR count). The van der Waals surface area contributed by atoms with Gasteiger partial charge in [-0.2, -0.15) is 13.2 Å². The predicted molar refractivity (Wildman–Crippen MR) is 151 cm³/mol. The smallest absolute Gasteiger partial charge is 0.417 e. The Morgan fingerprint density at radius 2 is 1.68 bits per heavy atom. The van der Waals surface area contributed by atoms with E-state index in [2.05, 4.69) is 32.3 Å². The van der Waals surface area contributed by atoms with Crippen molar-refractivity contribution in [2.45, 2.75) is 25.9 Å². The van der Waals surface area contributed by atoms with Gasteiger partial charge in [-0.3, -0.25) is 14.5 Å². The zero-order valence-corrected chi connectivity index (χ0v) is 23.3. The number of carbonyl (C=O) groups is 2. The molecule has 1 aliphatic heterocycles. The van der Waals surface area contributed by atoms with Gasteiger partial charge in [-0.05, 0) is 54.9 Å². The van der Waals surface area contributed by atoms with Gasteiger partial charge in [-0.1, -0.05) is 30.7 Å². The lowest BCUT2D eigenvalue weighted by Crippen LogP contribution is -2.48. The number of nitrogens with zero attached hydrogens (tertiary/aromatic N) is 3. The minimum atomic E-state index is -4.62. The van der Waals surface area contributed by atoms with Crippen LogP contribution < -0.4 is 15.4 Å². The van der Waals surface area contributed by atoms with E-state index in [1.807, 2.05) is 6.07 Å². The zero-order chi connectivity index (χ0) is 29.4. The summed E-state index contributed by atoms with van der Waals surface area (Å²) in [6.45, 7) is 7.01. The number of hydrogen-bond acceptors (Lipinski definition) is 6. The van der Waals surface area contributed by atoms with E-state index in [1.165, 1.54) is 6.07 Å². The number of piperazine rings is 1. The molecular weight excluding hydrogens is 559 g/mol. The Hall–Kier alpha value is -3.67. The number of amides is 2. The molecule has 1 aromatic heterocycles. The van der Waals surface area contributed by atoms with Crippen LogP contribution in [-0.4, -0.2) is 65.9 Å². The predicted octanol–water partition coefficient (Wildman–Crippen LogP) is 5.69. The van der Waals surface area contributed by atoms with Crippen LogP contribution in [0.4, 0.5) is 24.7 Å². The monoisotopic (exact) mass is 589 g/mol. The second-order valence-corrected chi connectivity index (χ2v) is 10.0. The van der Waals surface area contributed by atoms with Crippen molar-refractivity contribution in [1.29, 1.82) is 0 Å². The lowest BCUT2D eigenvalue weighted by molar-refractivity contribution is -0.137. The molecule has 2 heterocycles. The van der Waals surface area contributed by atoms with Crippen LogP contribution in [0.2, 0.25) is 5.02 Å². The molecule has 2 N–H and O–H groups in total. The summed E-state index contributed by atoms with van der Waals surface area (Å²) in [5, 5.41) is 4.87. The van der Waals surface area contributed by atoms with Gasteiger partial charge in [0.1, 0.15) is 17.3 Å². The Bertz CT molecular complexity index is 1360. The molecule has 0 bridgehead atoms. The molecule has 0 unspecified atom stereocenters. The molecule has 41 heavy (non-hydrogen) atoms. The van der Waals surface area contributed by atoms with Crippen LogP contribution in [0.15, 0.2) is 60.8 Å². The number of halogens is 4. The topological polar surface area (TPSA) is 86.8 Å². The van der Waals surface area contributed by atoms with Crippen LogP contribution in [0.5, 0.6) is 11.5 Å². The molecule has 0 radical (unpaired) electrons. The molecule has 218 valence electrons. The van der Waals surface area contributed by atoms with Gasteiger partial charge >= 0.3 is 6.18 Å². The number of ether oxygens (including phenoxy) is 1. The van der Waals surface area contributed by atoms with Crippen LogP contribution in [0.1, 0.15) is 24.5 Å². The molecule has 1 saturated heterocycles. The van der Waals surface area contributed by atoms with Crippen LogP contribution in [0.3, 0.4) is 0 Å². The van der Waals surface area contributed by atoms with E-state index in [4.69, 9.17) is 16.3 Å². The number of rotatable bonds is 10. The standard InChI is InChI=1S/C29H31ClF3N5O3/c1-2-37-12-14-38(15-13-37)19-28(40)36-26-18-23(10-11-34-26)41-22-5-3-4-20(16-22)6-9-27(39)35-21-7-8-25(30)24(17-21)29(31,32)33/h3-5,7-8,10-11,16-18H,2,6,9,12-15,19H2,1H3,(H,35,39)(H,34,36,40). The first kappa shape index (κ1) is 30.3. The molecule has 0 saturated carbocycles. The van der Waals surface area contributed by atoms with Gasteiger partial charge < -0.3 is 20.3 Å². The first-order valence-corrected chi connectivity index (χ1v) is 13.6. The first-order chi connectivity index (χ1) is 19.6. The van der Waals surface area contributed by atoms with E-state index in [9.17, 15) is 22.8 Å². The third kappa shape index (κ3) is 9.17. The summed E-state index contributed by atoms with van der Waals surface area (Å²) in [7, 11) is 0. The number of pyridine rings is 1. The minimum Gasteiger partial charge on any atom is -0.457 e. The van der Waals surface area contributed by atoms with Crippen molar-refractivity contribution in [2.24, 2.45) is 0 Å². The number of benzene rings is 2. The van der Waals surface area contributed by atoms with E-state index in [1.54, 1.807) is 36.5 Å². The zero-order valence-electron chi connectivity index (χ0n) is 22.5. The maximum absolute atomic E-state index is 13.1. The number of likely N-dealkylation sites (N-methyl/N-ethyl adjacent to an activating group) is 1. The molecule has 2 amide bonds. The summed E-state index contributed by atoms with van der Waals surface area (Å²) in [6, 6.07) is 13.7. The summed E-state index contributed by atoms with van der Waals surface area (Å²) < 4.78 is 45.2. The second-order valence-electron chi connectivity index (χ2n) is 9.63. The Kier molecular flexibility index (Phi) is 10.2. The normalized spacial score (nSPS) is 14.5. The van der Waals surface area contributed by atoms with Crippen LogP contribution in [0, 0.1) is 0 Å².